The predicted molar refractivity (Wildman–Crippen MR) is 122 cm³/mol. The Hall–Kier alpha value is -1.35. The summed E-state index contributed by atoms with van der Waals surface area (Å²) in [5.41, 5.74) is 7.68. The predicted octanol–water partition coefficient (Wildman–Crippen LogP) is 5.33. The highest BCUT2D eigenvalue weighted by atomic mass is 16.2. The third-order valence-electron chi connectivity index (χ3n) is 9.37. The van der Waals surface area contributed by atoms with Gasteiger partial charge in [-0.2, -0.15) is 0 Å². The maximum Gasteiger partial charge on any atom is 0.226 e. The number of rotatable bonds is 6. The average Bonchev–Trinajstić information content (AvgIpc) is 2.75. The molecule has 1 amide bonds. The van der Waals surface area contributed by atoms with E-state index in [-0.39, 0.29) is 10.8 Å². The first kappa shape index (κ1) is 20.5. The van der Waals surface area contributed by atoms with Crippen molar-refractivity contribution in [3.05, 3.63) is 35.9 Å². The zero-order valence-corrected chi connectivity index (χ0v) is 18.7. The van der Waals surface area contributed by atoms with Crippen LogP contribution in [0, 0.1) is 23.2 Å². The van der Waals surface area contributed by atoms with Gasteiger partial charge in [0.15, 0.2) is 0 Å². The molecular weight excluding hydrogens is 368 g/mol. The Kier molecular flexibility index (Phi) is 5.46. The zero-order valence-electron chi connectivity index (χ0n) is 18.7. The minimum Gasteiger partial charge on any atom is -0.353 e. The van der Waals surface area contributed by atoms with E-state index < -0.39 is 0 Å². The molecule has 3 nitrogen and oxygen atoms in total. The van der Waals surface area contributed by atoms with Crippen molar-refractivity contribution in [1.29, 1.82) is 0 Å². The summed E-state index contributed by atoms with van der Waals surface area (Å²) in [6.07, 6.45) is 14.1. The SMILES string of the molecule is CCCCC1C2CC3(C(=O)N[C@H]4CC[C@H](N)CC4)CC1CC(c1ccccc1)(C2)C3. The van der Waals surface area contributed by atoms with Gasteiger partial charge in [-0.1, -0.05) is 50.1 Å². The van der Waals surface area contributed by atoms with Gasteiger partial charge in [0.2, 0.25) is 5.91 Å². The van der Waals surface area contributed by atoms with Gasteiger partial charge < -0.3 is 11.1 Å². The molecule has 0 aliphatic heterocycles. The van der Waals surface area contributed by atoms with Gasteiger partial charge in [-0.15, -0.1) is 0 Å². The van der Waals surface area contributed by atoms with Crippen LogP contribution in [0.4, 0.5) is 0 Å². The van der Waals surface area contributed by atoms with Crippen LogP contribution in [0.3, 0.4) is 0 Å². The Bertz CT molecular complexity index is 735. The van der Waals surface area contributed by atoms with E-state index in [1.54, 1.807) is 0 Å². The molecule has 0 heterocycles. The highest BCUT2D eigenvalue weighted by Gasteiger charge is 2.63. The van der Waals surface area contributed by atoms with E-state index in [0.29, 0.717) is 18.0 Å². The fourth-order valence-electron chi connectivity index (χ4n) is 8.15. The number of nitrogens with one attached hydrogen (secondary N) is 1. The topological polar surface area (TPSA) is 55.1 Å². The van der Waals surface area contributed by atoms with Crippen LogP contribution in [0.15, 0.2) is 30.3 Å². The molecule has 164 valence electrons. The second-order valence-corrected chi connectivity index (χ2v) is 11.3. The van der Waals surface area contributed by atoms with Crippen LogP contribution < -0.4 is 11.1 Å². The fourth-order valence-corrected chi connectivity index (χ4v) is 8.15. The highest BCUT2D eigenvalue weighted by molar-refractivity contribution is 5.84. The molecule has 1 aromatic carbocycles. The van der Waals surface area contributed by atoms with Gasteiger partial charge in [0, 0.05) is 12.1 Å². The van der Waals surface area contributed by atoms with Crippen LogP contribution in [-0.2, 0) is 10.2 Å². The van der Waals surface area contributed by atoms with Gasteiger partial charge in [0.1, 0.15) is 0 Å². The Balaban J connectivity index is 1.41. The second-order valence-electron chi connectivity index (χ2n) is 11.3. The number of amides is 1. The fraction of sp³-hybridized carbons (Fsp3) is 0.741. The minimum atomic E-state index is -0.135. The largest absolute Gasteiger partial charge is 0.353 e. The molecule has 30 heavy (non-hydrogen) atoms. The Morgan fingerprint density at radius 1 is 1.03 bits per heavy atom. The number of hydrogen-bond acceptors (Lipinski definition) is 2. The molecule has 2 unspecified atom stereocenters. The number of nitrogens with two attached hydrogens (primary N) is 1. The molecule has 2 atom stereocenters. The van der Waals surface area contributed by atoms with Crippen LogP contribution in [0.25, 0.3) is 0 Å². The molecule has 0 saturated heterocycles. The molecule has 0 radical (unpaired) electrons. The molecule has 0 spiro atoms. The smallest absolute Gasteiger partial charge is 0.226 e. The van der Waals surface area contributed by atoms with E-state index in [9.17, 15) is 4.79 Å². The third-order valence-corrected chi connectivity index (χ3v) is 9.37. The summed E-state index contributed by atoms with van der Waals surface area (Å²) in [6, 6.07) is 11.9. The van der Waals surface area contributed by atoms with Gasteiger partial charge in [0.25, 0.3) is 0 Å². The van der Waals surface area contributed by atoms with Crippen molar-refractivity contribution in [2.75, 3.05) is 0 Å². The van der Waals surface area contributed by atoms with Crippen molar-refractivity contribution >= 4 is 5.91 Å². The molecule has 5 aliphatic rings. The first-order chi connectivity index (χ1) is 14.5. The van der Waals surface area contributed by atoms with E-state index in [1.165, 1.54) is 37.7 Å². The lowest BCUT2D eigenvalue weighted by molar-refractivity contribution is -0.159. The standard InChI is InChI=1S/C27H40N2O/c1-2-3-9-24-19-14-26(21-7-5-4-6-8-21)15-20(24)17-27(16-19,18-26)25(30)29-23-12-10-22(28)11-13-23/h4-8,19-20,22-24H,2-3,9-18,28H2,1H3,(H,29,30)/t19?,20?,22-,23-,24?,26?,27?. The van der Waals surface area contributed by atoms with E-state index in [4.69, 9.17) is 5.73 Å². The monoisotopic (exact) mass is 408 g/mol. The molecule has 5 saturated carbocycles. The molecular formula is C27H40N2O. The summed E-state index contributed by atoms with van der Waals surface area (Å²) in [7, 11) is 0. The summed E-state index contributed by atoms with van der Waals surface area (Å²) < 4.78 is 0. The molecule has 3 N–H and O–H groups in total. The number of benzene rings is 1. The van der Waals surface area contributed by atoms with Gasteiger partial charge in [-0.05, 0) is 92.9 Å². The number of unbranched alkanes of at least 4 members (excludes halogenated alkanes) is 1. The zero-order chi connectivity index (χ0) is 20.8. The van der Waals surface area contributed by atoms with Gasteiger partial charge in [-0.3, -0.25) is 4.79 Å². The third kappa shape index (κ3) is 3.51. The summed E-state index contributed by atoms with van der Waals surface area (Å²) in [5, 5.41) is 3.53. The van der Waals surface area contributed by atoms with Crippen molar-refractivity contribution in [3.8, 4) is 0 Å². The lowest BCUT2D eigenvalue weighted by Gasteiger charge is -2.64. The lowest BCUT2D eigenvalue weighted by Crippen LogP contribution is -2.62. The van der Waals surface area contributed by atoms with Gasteiger partial charge in [0.05, 0.1) is 5.41 Å². The van der Waals surface area contributed by atoms with Crippen molar-refractivity contribution in [3.63, 3.8) is 0 Å². The summed E-state index contributed by atoms with van der Waals surface area (Å²) >= 11 is 0. The maximum absolute atomic E-state index is 13.8. The molecule has 1 aromatic rings. The molecule has 3 heteroatoms. The summed E-state index contributed by atoms with van der Waals surface area (Å²) in [6.45, 7) is 2.31. The van der Waals surface area contributed by atoms with Crippen LogP contribution in [0.1, 0.15) is 89.5 Å². The molecule has 0 aromatic heterocycles. The van der Waals surface area contributed by atoms with Crippen LogP contribution >= 0.6 is 0 Å². The Labute approximate surface area is 182 Å². The van der Waals surface area contributed by atoms with E-state index >= 15 is 0 Å². The molecule has 5 fully saturated rings. The van der Waals surface area contributed by atoms with Crippen LogP contribution in [-0.4, -0.2) is 18.0 Å². The van der Waals surface area contributed by atoms with Gasteiger partial charge >= 0.3 is 0 Å². The average molecular weight is 409 g/mol. The minimum absolute atomic E-state index is 0.135. The number of carbonyl (C=O) groups is 1. The van der Waals surface area contributed by atoms with E-state index in [2.05, 4.69) is 42.6 Å². The molecule has 5 aliphatic carbocycles. The van der Waals surface area contributed by atoms with Crippen molar-refractivity contribution < 1.29 is 4.79 Å². The summed E-state index contributed by atoms with van der Waals surface area (Å²) in [4.78, 5) is 13.8. The van der Waals surface area contributed by atoms with Crippen molar-refractivity contribution in [1.82, 2.24) is 5.32 Å². The quantitative estimate of drug-likeness (QED) is 0.669. The summed E-state index contributed by atoms with van der Waals surface area (Å²) in [5.74, 6) is 2.68. The second kappa shape index (κ2) is 7.97. The lowest BCUT2D eigenvalue weighted by atomic mass is 9.39. The van der Waals surface area contributed by atoms with Crippen LogP contribution in [0.5, 0.6) is 0 Å². The van der Waals surface area contributed by atoms with E-state index in [0.717, 1.165) is 62.7 Å². The normalized spacial score (nSPS) is 42.3. The number of hydrogen-bond donors (Lipinski definition) is 2. The van der Waals surface area contributed by atoms with Crippen molar-refractivity contribution in [2.24, 2.45) is 28.9 Å². The number of carbonyl (C=O) groups excluding carboxylic acids is 1. The molecule has 6 rings (SSSR count). The Morgan fingerprint density at radius 2 is 1.70 bits per heavy atom. The molecule has 4 bridgehead atoms. The maximum atomic E-state index is 13.8. The van der Waals surface area contributed by atoms with Crippen LogP contribution in [0.2, 0.25) is 0 Å². The first-order valence-electron chi connectivity index (χ1n) is 12.7. The van der Waals surface area contributed by atoms with E-state index in [1.807, 2.05) is 0 Å². The Morgan fingerprint density at radius 3 is 2.33 bits per heavy atom. The van der Waals surface area contributed by atoms with Gasteiger partial charge in [-0.25, -0.2) is 0 Å². The van der Waals surface area contributed by atoms with Crippen molar-refractivity contribution in [2.45, 2.75) is 101 Å². The highest BCUT2D eigenvalue weighted by Crippen LogP contribution is 2.68. The first-order valence-corrected chi connectivity index (χ1v) is 12.7.